The van der Waals surface area contributed by atoms with E-state index in [1.54, 1.807) is 18.3 Å². The highest BCUT2D eigenvalue weighted by Gasteiger charge is 2.29. The first-order chi connectivity index (χ1) is 13.0. The van der Waals surface area contributed by atoms with Crippen LogP contribution in [0, 0.1) is 6.92 Å². The molecule has 2 aromatic rings. The summed E-state index contributed by atoms with van der Waals surface area (Å²) in [5.41, 5.74) is 3.24. The molecule has 0 aliphatic carbocycles. The fourth-order valence-corrected chi connectivity index (χ4v) is 3.59. The number of ether oxygens (including phenoxy) is 1. The van der Waals surface area contributed by atoms with Crippen molar-refractivity contribution in [2.75, 3.05) is 25.0 Å². The van der Waals surface area contributed by atoms with Gasteiger partial charge < -0.3 is 9.64 Å². The number of nitrogens with zero attached hydrogens (tertiary/aromatic N) is 3. The van der Waals surface area contributed by atoms with Gasteiger partial charge in [-0.1, -0.05) is 24.3 Å². The number of hydrogen-bond acceptors (Lipinski definition) is 5. The molecule has 0 N–H and O–H groups in total. The molecule has 1 aliphatic rings. The number of likely N-dealkylation sites (N-methyl/N-ethyl adjacent to an activating group) is 1. The number of carbonyl (C=O) groups excluding carboxylic acids is 1. The summed E-state index contributed by atoms with van der Waals surface area (Å²) in [6.07, 6.45) is 2.64. The molecule has 5 nitrogen and oxygen atoms in total. The molecule has 1 aromatic heterocycles. The first kappa shape index (κ1) is 19.4. The minimum atomic E-state index is -0.310. The smallest absolute Gasteiger partial charge is 0.342 e. The lowest BCUT2D eigenvalue weighted by molar-refractivity contribution is 0.0378. The second kappa shape index (κ2) is 8.53. The van der Waals surface area contributed by atoms with Gasteiger partial charge in [0.05, 0.1) is 6.10 Å². The Labute approximate surface area is 162 Å². The van der Waals surface area contributed by atoms with Gasteiger partial charge in [0.2, 0.25) is 0 Å². The van der Waals surface area contributed by atoms with E-state index in [1.165, 1.54) is 11.1 Å². The lowest BCUT2D eigenvalue weighted by Gasteiger charge is -2.27. The summed E-state index contributed by atoms with van der Waals surface area (Å²) in [5, 5.41) is 0. The first-order valence-corrected chi connectivity index (χ1v) is 9.61. The van der Waals surface area contributed by atoms with Crippen molar-refractivity contribution >= 4 is 11.8 Å². The maximum absolute atomic E-state index is 12.4. The lowest BCUT2D eigenvalue weighted by Crippen LogP contribution is -2.36. The summed E-state index contributed by atoms with van der Waals surface area (Å²) < 4.78 is 5.39. The minimum absolute atomic E-state index is 0.146. The molecule has 27 heavy (non-hydrogen) atoms. The molecule has 0 spiro atoms. The number of esters is 1. The van der Waals surface area contributed by atoms with E-state index in [0.29, 0.717) is 17.4 Å². The van der Waals surface area contributed by atoms with Gasteiger partial charge in [-0.15, -0.1) is 0 Å². The Hall–Kier alpha value is -2.40. The molecule has 5 heteroatoms. The van der Waals surface area contributed by atoms with Gasteiger partial charge in [-0.25, -0.2) is 9.78 Å². The van der Waals surface area contributed by atoms with Crippen LogP contribution in [-0.4, -0.2) is 48.1 Å². The van der Waals surface area contributed by atoms with Gasteiger partial charge in [0.1, 0.15) is 11.4 Å². The molecule has 1 fully saturated rings. The molecule has 1 unspecified atom stereocenters. The monoisotopic (exact) mass is 367 g/mol. The highest BCUT2D eigenvalue weighted by atomic mass is 16.5. The summed E-state index contributed by atoms with van der Waals surface area (Å²) in [4.78, 5) is 21.5. The van der Waals surface area contributed by atoms with Crippen molar-refractivity contribution in [1.29, 1.82) is 0 Å². The van der Waals surface area contributed by atoms with Crippen LogP contribution in [0.25, 0.3) is 0 Å². The molecular weight excluding hydrogens is 338 g/mol. The molecule has 1 saturated heterocycles. The molecule has 0 saturated carbocycles. The predicted octanol–water partition coefficient (Wildman–Crippen LogP) is 3.67. The Bertz CT molecular complexity index is 791. The SMILES string of the molecule is Cc1ccccc1CN1CCC(N(C)c2ncccc2C(=O)OC(C)C)C1. The van der Waals surface area contributed by atoms with Crippen LogP contribution in [0.4, 0.5) is 5.82 Å². The number of benzene rings is 1. The quantitative estimate of drug-likeness (QED) is 0.729. The van der Waals surface area contributed by atoms with Crippen LogP contribution in [0.3, 0.4) is 0 Å². The van der Waals surface area contributed by atoms with Gasteiger partial charge in [0.15, 0.2) is 0 Å². The number of carbonyl (C=O) groups is 1. The van der Waals surface area contributed by atoms with Crippen LogP contribution in [0.2, 0.25) is 0 Å². The number of hydrogen-bond donors (Lipinski definition) is 0. The van der Waals surface area contributed by atoms with Gasteiger partial charge >= 0.3 is 5.97 Å². The average Bonchev–Trinajstić information content (AvgIpc) is 3.11. The van der Waals surface area contributed by atoms with Gasteiger partial charge in [-0.2, -0.15) is 0 Å². The molecule has 144 valence electrons. The minimum Gasteiger partial charge on any atom is -0.459 e. The largest absolute Gasteiger partial charge is 0.459 e. The Morgan fingerprint density at radius 3 is 2.81 bits per heavy atom. The van der Waals surface area contributed by atoms with E-state index >= 15 is 0 Å². The summed E-state index contributed by atoms with van der Waals surface area (Å²) in [7, 11) is 2.02. The van der Waals surface area contributed by atoms with E-state index < -0.39 is 0 Å². The lowest BCUT2D eigenvalue weighted by atomic mass is 10.1. The summed E-state index contributed by atoms with van der Waals surface area (Å²) in [5.74, 6) is 0.389. The van der Waals surface area contributed by atoms with Crippen molar-refractivity contribution < 1.29 is 9.53 Å². The highest BCUT2D eigenvalue weighted by molar-refractivity contribution is 5.94. The van der Waals surface area contributed by atoms with Crippen LogP contribution in [0.5, 0.6) is 0 Å². The predicted molar refractivity (Wildman–Crippen MR) is 108 cm³/mol. The molecule has 3 rings (SSSR count). The number of likely N-dealkylation sites (tertiary alicyclic amines) is 1. The Kier molecular flexibility index (Phi) is 6.11. The van der Waals surface area contributed by atoms with Gasteiger partial charge in [-0.05, 0) is 50.5 Å². The summed E-state index contributed by atoms with van der Waals surface area (Å²) in [6, 6.07) is 12.5. The molecule has 0 amide bonds. The average molecular weight is 367 g/mol. The van der Waals surface area contributed by atoms with Crippen molar-refractivity contribution in [2.45, 2.75) is 45.9 Å². The maximum atomic E-state index is 12.4. The highest BCUT2D eigenvalue weighted by Crippen LogP contribution is 2.25. The van der Waals surface area contributed by atoms with Crippen LogP contribution < -0.4 is 4.90 Å². The zero-order valence-corrected chi connectivity index (χ0v) is 16.7. The second-order valence-electron chi connectivity index (χ2n) is 7.54. The number of pyridine rings is 1. The zero-order chi connectivity index (χ0) is 19.4. The number of aryl methyl sites for hydroxylation is 1. The van der Waals surface area contributed by atoms with Crippen molar-refractivity contribution in [3.8, 4) is 0 Å². The molecule has 1 atom stereocenters. The molecule has 2 heterocycles. The molecular formula is C22H29N3O2. The third kappa shape index (κ3) is 4.66. The summed E-state index contributed by atoms with van der Waals surface area (Å²) >= 11 is 0. The van der Waals surface area contributed by atoms with Gasteiger partial charge in [-0.3, -0.25) is 4.90 Å². The third-order valence-corrected chi connectivity index (χ3v) is 5.13. The Morgan fingerprint density at radius 2 is 2.07 bits per heavy atom. The summed E-state index contributed by atoms with van der Waals surface area (Å²) in [6.45, 7) is 8.84. The van der Waals surface area contributed by atoms with Crippen LogP contribution >= 0.6 is 0 Å². The molecule has 0 bridgehead atoms. The molecule has 1 aromatic carbocycles. The zero-order valence-electron chi connectivity index (χ0n) is 16.7. The van der Waals surface area contributed by atoms with Crippen molar-refractivity contribution in [3.05, 3.63) is 59.3 Å². The maximum Gasteiger partial charge on any atom is 0.342 e. The fourth-order valence-electron chi connectivity index (χ4n) is 3.59. The number of rotatable bonds is 6. The molecule has 0 radical (unpaired) electrons. The van der Waals surface area contributed by atoms with Gasteiger partial charge in [0.25, 0.3) is 0 Å². The normalized spacial score (nSPS) is 17.3. The van der Waals surface area contributed by atoms with E-state index in [9.17, 15) is 4.79 Å². The van der Waals surface area contributed by atoms with Crippen LogP contribution in [0.15, 0.2) is 42.6 Å². The number of anilines is 1. The Balaban J connectivity index is 1.69. The van der Waals surface area contributed by atoms with Crippen molar-refractivity contribution in [1.82, 2.24) is 9.88 Å². The van der Waals surface area contributed by atoms with E-state index in [0.717, 1.165) is 26.1 Å². The van der Waals surface area contributed by atoms with Gasteiger partial charge in [0, 0.05) is 38.9 Å². The second-order valence-corrected chi connectivity index (χ2v) is 7.54. The standard InChI is InChI=1S/C22H29N3O2/c1-16(2)27-22(26)20-10-7-12-23-21(20)24(4)19-11-13-25(15-19)14-18-9-6-5-8-17(18)3/h5-10,12,16,19H,11,13-15H2,1-4H3. The van der Waals surface area contributed by atoms with Crippen molar-refractivity contribution in [3.63, 3.8) is 0 Å². The topological polar surface area (TPSA) is 45.7 Å². The third-order valence-electron chi connectivity index (χ3n) is 5.13. The van der Waals surface area contributed by atoms with Crippen molar-refractivity contribution in [2.24, 2.45) is 0 Å². The van der Waals surface area contributed by atoms with E-state index in [4.69, 9.17) is 4.74 Å². The first-order valence-electron chi connectivity index (χ1n) is 9.61. The number of aromatic nitrogens is 1. The van der Waals surface area contributed by atoms with E-state index in [2.05, 4.69) is 46.0 Å². The van der Waals surface area contributed by atoms with Crippen LogP contribution in [0.1, 0.15) is 41.8 Å². The fraction of sp³-hybridized carbons (Fsp3) is 0.455. The van der Waals surface area contributed by atoms with Crippen LogP contribution in [-0.2, 0) is 11.3 Å². The van der Waals surface area contributed by atoms with E-state index in [1.807, 2.05) is 20.9 Å². The molecule has 1 aliphatic heterocycles. The van der Waals surface area contributed by atoms with E-state index in [-0.39, 0.29) is 12.1 Å². The Morgan fingerprint density at radius 1 is 1.30 bits per heavy atom.